The van der Waals surface area contributed by atoms with E-state index in [2.05, 4.69) is 12.1 Å². The SMILES string of the molecule is N#CC1=C2SC3=C(CCCC3)N2C(=O)C(C#N)C12CCCCC2. The van der Waals surface area contributed by atoms with E-state index in [1.165, 1.54) is 4.91 Å². The Labute approximate surface area is 140 Å². The molecule has 0 aromatic rings. The van der Waals surface area contributed by atoms with Gasteiger partial charge in [-0.3, -0.25) is 9.69 Å². The van der Waals surface area contributed by atoms with Gasteiger partial charge in [0.2, 0.25) is 5.91 Å². The van der Waals surface area contributed by atoms with Crippen molar-refractivity contribution in [3.63, 3.8) is 0 Å². The molecule has 0 N–H and O–H groups in total. The van der Waals surface area contributed by atoms with Crippen molar-refractivity contribution >= 4 is 17.7 Å². The Balaban J connectivity index is 1.90. The summed E-state index contributed by atoms with van der Waals surface area (Å²) >= 11 is 1.63. The van der Waals surface area contributed by atoms with Crippen LogP contribution in [0.25, 0.3) is 0 Å². The highest BCUT2D eigenvalue weighted by Gasteiger charge is 2.56. The minimum atomic E-state index is -0.699. The fraction of sp³-hybridized carbons (Fsp3) is 0.611. The quantitative estimate of drug-likeness (QED) is 0.670. The minimum absolute atomic E-state index is 0.0807. The summed E-state index contributed by atoms with van der Waals surface area (Å²) in [6.07, 6.45) is 8.84. The van der Waals surface area contributed by atoms with Crippen molar-refractivity contribution in [2.24, 2.45) is 11.3 Å². The lowest BCUT2D eigenvalue weighted by Gasteiger charge is -2.45. The van der Waals surface area contributed by atoms with Crippen molar-refractivity contribution in [1.29, 1.82) is 10.5 Å². The second-order valence-corrected chi connectivity index (χ2v) is 8.01. The summed E-state index contributed by atoms with van der Waals surface area (Å²) in [5.41, 5.74) is 1.24. The van der Waals surface area contributed by atoms with E-state index < -0.39 is 11.3 Å². The molecule has 1 fully saturated rings. The summed E-state index contributed by atoms with van der Waals surface area (Å²) in [7, 11) is 0. The van der Waals surface area contributed by atoms with E-state index in [0.29, 0.717) is 5.57 Å². The Hall–Kier alpha value is -1.72. The predicted molar refractivity (Wildman–Crippen MR) is 87.2 cm³/mol. The van der Waals surface area contributed by atoms with Gasteiger partial charge in [-0.25, -0.2) is 0 Å². The van der Waals surface area contributed by atoms with Gasteiger partial charge in [0.15, 0.2) is 0 Å². The Morgan fingerprint density at radius 3 is 2.52 bits per heavy atom. The van der Waals surface area contributed by atoms with Crippen LogP contribution < -0.4 is 0 Å². The zero-order valence-electron chi connectivity index (χ0n) is 13.1. The monoisotopic (exact) mass is 325 g/mol. The number of hydrogen-bond donors (Lipinski definition) is 0. The third-order valence-electron chi connectivity index (χ3n) is 5.80. The van der Waals surface area contributed by atoms with E-state index in [4.69, 9.17) is 0 Å². The standard InChI is InChI=1S/C18H19N3OS/c19-10-12-16(22)21-14-6-2-3-7-15(14)23-17(21)13(11-20)18(12)8-4-1-5-9-18/h12H,1-9H2. The normalized spacial score (nSPS) is 29.2. The molecule has 1 saturated carbocycles. The Kier molecular flexibility index (Phi) is 3.50. The summed E-state index contributed by atoms with van der Waals surface area (Å²) in [5.74, 6) is -0.779. The van der Waals surface area contributed by atoms with E-state index in [1.54, 1.807) is 16.7 Å². The Bertz CT molecular complexity index is 716. The first-order valence-electron chi connectivity index (χ1n) is 8.51. The van der Waals surface area contributed by atoms with E-state index in [9.17, 15) is 15.3 Å². The van der Waals surface area contributed by atoms with Gasteiger partial charge in [-0.2, -0.15) is 10.5 Å². The molecule has 1 spiro atoms. The van der Waals surface area contributed by atoms with Crippen LogP contribution in [0.15, 0.2) is 21.2 Å². The number of nitrogens with zero attached hydrogens (tertiary/aromatic N) is 3. The molecule has 118 valence electrons. The molecule has 4 rings (SSSR count). The zero-order valence-corrected chi connectivity index (χ0v) is 13.9. The molecule has 2 aliphatic heterocycles. The van der Waals surface area contributed by atoms with Crippen molar-refractivity contribution in [3.8, 4) is 12.1 Å². The van der Waals surface area contributed by atoms with E-state index in [0.717, 1.165) is 68.5 Å². The number of fused-ring (bicyclic) bond motifs is 2. The number of thioether (sulfide) groups is 1. The molecule has 5 heteroatoms. The summed E-state index contributed by atoms with van der Waals surface area (Å²) in [6.45, 7) is 0. The first kappa shape index (κ1) is 14.8. The predicted octanol–water partition coefficient (Wildman–Crippen LogP) is 4.19. The minimum Gasteiger partial charge on any atom is -0.276 e. The summed E-state index contributed by atoms with van der Waals surface area (Å²) in [4.78, 5) is 16.1. The van der Waals surface area contributed by atoms with Crippen molar-refractivity contribution in [2.45, 2.75) is 57.8 Å². The molecule has 4 aliphatic rings. The number of hydrogen-bond acceptors (Lipinski definition) is 4. The second-order valence-electron chi connectivity index (χ2n) is 6.92. The zero-order chi connectivity index (χ0) is 16.0. The topological polar surface area (TPSA) is 67.9 Å². The summed E-state index contributed by atoms with van der Waals surface area (Å²) in [6, 6.07) is 4.70. The number of carbonyl (C=O) groups is 1. The van der Waals surface area contributed by atoms with Crippen LogP contribution in [-0.2, 0) is 4.79 Å². The van der Waals surface area contributed by atoms with Gasteiger partial charge in [0, 0.05) is 16.0 Å². The first-order valence-corrected chi connectivity index (χ1v) is 9.33. The van der Waals surface area contributed by atoms with Crippen molar-refractivity contribution in [1.82, 2.24) is 4.90 Å². The largest absolute Gasteiger partial charge is 0.276 e. The van der Waals surface area contributed by atoms with Crippen LogP contribution in [0.5, 0.6) is 0 Å². The van der Waals surface area contributed by atoms with Gasteiger partial charge in [-0.1, -0.05) is 31.0 Å². The summed E-state index contributed by atoms with van der Waals surface area (Å²) < 4.78 is 0. The summed E-state index contributed by atoms with van der Waals surface area (Å²) in [5, 5.41) is 20.5. The molecule has 0 bridgehead atoms. The molecule has 4 nitrogen and oxygen atoms in total. The van der Waals surface area contributed by atoms with E-state index in [1.807, 2.05) is 0 Å². The third kappa shape index (κ3) is 1.93. The fourth-order valence-corrected chi connectivity index (χ4v) is 6.10. The highest BCUT2D eigenvalue weighted by molar-refractivity contribution is 8.07. The van der Waals surface area contributed by atoms with Gasteiger partial charge in [0.25, 0.3) is 0 Å². The lowest BCUT2D eigenvalue weighted by Crippen LogP contribution is -2.49. The molecule has 2 heterocycles. The average Bonchev–Trinajstić information content (AvgIpc) is 2.95. The van der Waals surface area contributed by atoms with Crippen LogP contribution >= 0.6 is 11.8 Å². The first-order chi connectivity index (χ1) is 11.2. The molecule has 23 heavy (non-hydrogen) atoms. The van der Waals surface area contributed by atoms with Crippen LogP contribution in [0.2, 0.25) is 0 Å². The Morgan fingerprint density at radius 2 is 1.83 bits per heavy atom. The van der Waals surface area contributed by atoms with Gasteiger partial charge in [-0.15, -0.1) is 0 Å². The van der Waals surface area contributed by atoms with Crippen molar-refractivity contribution in [3.05, 3.63) is 21.2 Å². The molecule has 0 aromatic heterocycles. The molecule has 0 aromatic carbocycles. The van der Waals surface area contributed by atoms with Crippen LogP contribution in [0.4, 0.5) is 0 Å². The lowest BCUT2D eigenvalue weighted by atomic mass is 9.60. The van der Waals surface area contributed by atoms with Gasteiger partial charge >= 0.3 is 0 Å². The third-order valence-corrected chi connectivity index (χ3v) is 7.07. The highest BCUT2D eigenvalue weighted by atomic mass is 32.2. The van der Waals surface area contributed by atoms with Gasteiger partial charge < -0.3 is 0 Å². The second kappa shape index (κ2) is 5.42. The lowest BCUT2D eigenvalue weighted by molar-refractivity contribution is -0.134. The van der Waals surface area contributed by atoms with Crippen LogP contribution in [0.3, 0.4) is 0 Å². The van der Waals surface area contributed by atoms with E-state index in [-0.39, 0.29) is 5.91 Å². The van der Waals surface area contributed by atoms with Crippen LogP contribution in [-0.4, -0.2) is 10.8 Å². The Morgan fingerprint density at radius 1 is 1.09 bits per heavy atom. The fourth-order valence-electron chi connectivity index (χ4n) is 4.67. The average molecular weight is 325 g/mol. The maximum atomic E-state index is 13.1. The molecule has 1 atom stereocenters. The van der Waals surface area contributed by atoms with Gasteiger partial charge in [0.05, 0.1) is 17.7 Å². The maximum Gasteiger partial charge on any atom is 0.250 e. The van der Waals surface area contributed by atoms with Crippen LogP contribution in [0, 0.1) is 34.0 Å². The smallest absolute Gasteiger partial charge is 0.250 e. The number of amides is 1. The highest BCUT2D eigenvalue weighted by Crippen LogP contribution is 2.59. The number of rotatable bonds is 0. The van der Waals surface area contributed by atoms with Gasteiger partial charge in [-0.05, 0) is 38.5 Å². The molecular formula is C18H19N3OS. The molecule has 1 unspecified atom stereocenters. The molecule has 2 aliphatic carbocycles. The van der Waals surface area contributed by atoms with Crippen molar-refractivity contribution < 1.29 is 4.79 Å². The number of allylic oxidation sites excluding steroid dienone is 3. The molecule has 0 radical (unpaired) electrons. The molecule has 1 amide bonds. The van der Waals surface area contributed by atoms with E-state index >= 15 is 0 Å². The maximum absolute atomic E-state index is 13.1. The van der Waals surface area contributed by atoms with Crippen LogP contribution in [0.1, 0.15) is 57.8 Å². The molecular weight excluding hydrogens is 306 g/mol. The van der Waals surface area contributed by atoms with Crippen molar-refractivity contribution in [2.75, 3.05) is 0 Å². The number of nitriles is 2. The number of carbonyl (C=O) groups excluding carboxylic acids is 1. The molecule has 0 saturated heterocycles. The van der Waals surface area contributed by atoms with Gasteiger partial charge in [0.1, 0.15) is 10.9 Å².